The lowest BCUT2D eigenvalue weighted by atomic mass is 9.98. The first kappa shape index (κ1) is 22.3. The summed E-state index contributed by atoms with van der Waals surface area (Å²) in [6.07, 6.45) is 1.69. The third kappa shape index (κ3) is 3.68. The molecule has 0 aliphatic carbocycles. The van der Waals surface area contributed by atoms with Crippen LogP contribution in [-0.4, -0.2) is 64.9 Å². The number of aliphatic hydroxyl groups excluding tert-OH is 1. The van der Waals surface area contributed by atoms with Gasteiger partial charge in [0.25, 0.3) is 5.91 Å². The number of aromatic carboxylic acids is 1. The maximum Gasteiger partial charge on any atom is 0.356 e. The number of benzene rings is 2. The molecule has 1 saturated heterocycles. The van der Waals surface area contributed by atoms with Crippen molar-refractivity contribution in [2.24, 2.45) is 5.92 Å². The van der Waals surface area contributed by atoms with E-state index < -0.39 is 21.6 Å². The molecule has 176 valence electrons. The molecule has 1 aromatic heterocycles. The monoisotopic (exact) mass is 481 g/mol. The maximum atomic E-state index is 13.2. The molecule has 3 aromatic rings. The highest BCUT2D eigenvalue weighted by Gasteiger charge is 2.36. The Morgan fingerprint density at radius 2 is 1.91 bits per heavy atom. The Balaban J connectivity index is 1.62. The van der Waals surface area contributed by atoms with Crippen molar-refractivity contribution in [2.75, 3.05) is 19.7 Å². The number of piperidine rings is 1. The van der Waals surface area contributed by atoms with Crippen molar-refractivity contribution in [1.29, 1.82) is 0 Å². The molecule has 10 heteroatoms. The van der Waals surface area contributed by atoms with Crippen LogP contribution in [0.2, 0.25) is 0 Å². The zero-order valence-electron chi connectivity index (χ0n) is 18.2. The quantitative estimate of drug-likeness (QED) is 0.585. The molecule has 3 heterocycles. The molecule has 0 radical (unpaired) electrons. The molecular weight excluding hydrogens is 458 g/mol. The van der Waals surface area contributed by atoms with E-state index in [1.54, 1.807) is 47.4 Å². The standard InChI is InChI=1S/C24H23N3O6S/c28-13-15-5-4-10-26(12-15)23(29)16-6-3-7-17(11-16)27-22-18-8-1-2-9-20(18)34(32,33)14-19(22)21(25-27)24(30)31/h1-3,6-9,11,15,28H,4-5,10,12-14H2,(H,30,31). The van der Waals surface area contributed by atoms with Gasteiger partial charge in [-0.25, -0.2) is 17.9 Å². The first-order chi connectivity index (χ1) is 16.3. The highest BCUT2D eigenvalue weighted by Crippen LogP contribution is 2.40. The molecule has 1 amide bonds. The molecule has 2 aliphatic heterocycles. The maximum absolute atomic E-state index is 13.2. The van der Waals surface area contributed by atoms with Crippen LogP contribution < -0.4 is 0 Å². The molecule has 0 bridgehead atoms. The first-order valence-corrected chi connectivity index (χ1v) is 12.6. The number of aromatic nitrogens is 2. The van der Waals surface area contributed by atoms with E-state index in [9.17, 15) is 28.2 Å². The number of nitrogens with zero attached hydrogens (tertiary/aromatic N) is 3. The molecule has 0 spiro atoms. The lowest BCUT2D eigenvalue weighted by Gasteiger charge is -2.32. The van der Waals surface area contributed by atoms with Crippen LogP contribution in [0.1, 0.15) is 39.3 Å². The van der Waals surface area contributed by atoms with E-state index in [1.807, 2.05) is 0 Å². The van der Waals surface area contributed by atoms with Gasteiger partial charge in [0.15, 0.2) is 15.5 Å². The van der Waals surface area contributed by atoms with Gasteiger partial charge < -0.3 is 15.1 Å². The van der Waals surface area contributed by atoms with E-state index in [0.717, 1.165) is 12.8 Å². The highest BCUT2D eigenvalue weighted by atomic mass is 32.2. The molecule has 9 nitrogen and oxygen atoms in total. The van der Waals surface area contributed by atoms with E-state index in [-0.39, 0.29) is 34.6 Å². The average Bonchev–Trinajstić information content (AvgIpc) is 3.23. The van der Waals surface area contributed by atoms with Crippen LogP contribution in [0, 0.1) is 5.92 Å². The van der Waals surface area contributed by atoms with E-state index in [4.69, 9.17) is 0 Å². The van der Waals surface area contributed by atoms with Crippen molar-refractivity contribution < 1.29 is 28.2 Å². The van der Waals surface area contributed by atoms with Crippen LogP contribution in [0.25, 0.3) is 16.9 Å². The van der Waals surface area contributed by atoms with Crippen LogP contribution in [0.3, 0.4) is 0 Å². The Morgan fingerprint density at radius 3 is 2.68 bits per heavy atom. The summed E-state index contributed by atoms with van der Waals surface area (Å²) in [5.41, 5.74) is 1.44. The van der Waals surface area contributed by atoms with Gasteiger partial charge in [-0.3, -0.25) is 4.79 Å². The summed E-state index contributed by atoms with van der Waals surface area (Å²) in [7, 11) is -3.72. The smallest absolute Gasteiger partial charge is 0.356 e. The number of aliphatic hydroxyl groups is 1. The van der Waals surface area contributed by atoms with Crippen LogP contribution in [-0.2, 0) is 15.6 Å². The van der Waals surface area contributed by atoms with E-state index in [1.165, 1.54) is 10.7 Å². The van der Waals surface area contributed by atoms with Crippen molar-refractivity contribution in [2.45, 2.75) is 23.5 Å². The number of carboxylic acids is 1. The highest BCUT2D eigenvalue weighted by molar-refractivity contribution is 7.90. The molecule has 5 rings (SSSR count). The largest absolute Gasteiger partial charge is 0.476 e. The summed E-state index contributed by atoms with van der Waals surface area (Å²) < 4.78 is 27.1. The molecule has 2 N–H and O–H groups in total. The van der Waals surface area contributed by atoms with Crippen molar-refractivity contribution in [3.05, 3.63) is 65.4 Å². The van der Waals surface area contributed by atoms with Gasteiger partial charge >= 0.3 is 5.97 Å². The normalized spacial score (nSPS) is 18.7. The van der Waals surface area contributed by atoms with Crippen LogP contribution in [0.15, 0.2) is 53.4 Å². The summed E-state index contributed by atoms with van der Waals surface area (Å²) in [6.45, 7) is 1.11. The summed E-state index contributed by atoms with van der Waals surface area (Å²) in [5, 5.41) is 23.5. The summed E-state index contributed by atoms with van der Waals surface area (Å²) in [6, 6.07) is 13.2. The lowest BCUT2D eigenvalue weighted by Crippen LogP contribution is -2.40. The fourth-order valence-electron chi connectivity index (χ4n) is 4.78. The van der Waals surface area contributed by atoms with Gasteiger partial charge in [-0.2, -0.15) is 5.10 Å². The Bertz CT molecular complexity index is 1410. The van der Waals surface area contributed by atoms with Gasteiger partial charge in [0.2, 0.25) is 0 Å². The second-order valence-electron chi connectivity index (χ2n) is 8.64. The predicted octanol–water partition coefficient (Wildman–Crippen LogP) is 2.37. The first-order valence-electron chi connectivity index (χ1n) is 11.0. The number of amides is 1. The van der Waals surface area contributed by atoms with Crippen molar-refractivity contribution in [3.63, 3.8) is 0 Å². The SMILES string of the molecule is O=C(O)c1nn(-c2cccc(C(=O)N3CCCC(CO)C3)c2)c2c1CS(=O)(=O)c1ccccc1-2. The lowest BCUT2D eigenvalue weighted by molar-refractivity contribution is 0.0619. The zero-order valence-corrected chi connectivity index (χ0v) is 19.0. The number of fused-ring (bicyclic) bond motifs is 3. The van der Waals surface area contributed by atoms with Gasteiger partial charge in [-0.1, -0.05) is 24.3 Å². The topological polar surface area (TPSA) is 130 Å². The van der Waals surface area contributed by atoms with Gasteiger partial charge in [-0.05, 0) is 43.0 Å². The number of sulfone groups is 1. The minimum Gasteiger partial charge on any atom is -0.476 e. The minimum absolute atomic E-state index is 0.0313. The van der Waals surface area contributed by atoms with Gasteiger partial charge in [0, 0.05) is 36.4 Å². The van der Waals surface area contributed by atoms with Crippen LogP contribution in [0.5, 0.6) is 0 Å². The number of carbonyl (C=O) groups is 2. The van der Waals surface area contributed by atoms with E-state index in [2.05, 4.69) is 5.10 Å². The zero-order chi connectivity index (χ0) is 24.0. The Labute approximate surface area is 196 Å². The summed E-state index contributed by atoms with van der Waals surface area (Å²) in [4.78, 5) is 26.9. The molecule has 34 heavy (non-hydrogen) atoms. The number of likely N-dealkylation sites (tertiary alicyclic amines) is 1. The molecule has 1 unspecified atom stereocenters. The second-order valence-corrected chi connectivity index (χ2v) is 10.6. The fraction of sp³-hybridized carbons (Fsp3) is 0.292. The van der Waals surface area contributed by atoms with Crippen LogP contribution >= 0.6 is 0 Å². The molecule has 1 fully saturated rings. The summed E-state index contributed by atoms with van der Waals surface area (Å²) in [5.74, 6) is -1.91. The van der Waals surface area contributed by atoms with Crippen LogP contribution in [0.4, 0.5) is 0 Å². The minimum atomic E-state index is -3.72. The molecular formula is C24H23N3O6S. The summed E-state index contributed by atoms with van der Waals surface area (Å²) >= 11 is 0. The van der Waals surface area contributed by atoms with Gasteiger partial charge in [0.1, 0.15) is 0 Å². The predicted molar refractivity (Wildman–Crippen MR) is 123 cm³/mol. The fourth-order valence-corrected chi connectivity index (χ4v) is 6.37. The molecule has 2 aliphatic rings. The second kappa shape index (κ2) is 8.37. The third-order valence-corrected chi connectivity index (χ3v) is 8.09. The molecule has 0 saturated carbocycles. The Kier molecular flexibility index (Phi) is 5.49. The van der Waals surface area contributed by atoms with Gasteiger partial charge in [0.05, 0.1) is 22.0 Å². The number of rotatable bonds is 4. The number of hydrogen-bond donors (Lipinski definition) is 2. The number of carboxylic acid groups (broad SMARTS) is 1. The van der Waals surface area contributed by atoms with Crippen molar-refractivity contribution in [1.82, 2.24) is 14.7 Å². The molecule has 1 atom stereocenters. The van der Waals surface area contributed by atoms with Gasteiger partial charge in [-0.15, -0.1) is 0 Å². The number of hydrogen-bond acceptors (Lipinski definition) is 6. The Morgan fingerprint density at radius 1 is 1.12 bits per heavy atom. The Hall–Kier alpha value is -3.50. The average molecular weight is 482 g/mol. The number of carbonyl (C=O) groups excluding carboxylic acids is 1. The van der Waals surface area contributed by atoms with E-state index >= 15 is 0 Å². The molecule has 2 aromatic carbocycles. The third-order valence-electron chi connectivity index (χ3n) is 6.40. The van der Waals surface area contributed by atoms with E-state index in [0.29, 0.717) is 35.6 Å². The van der Waals surface area contributed by atoms with Crippen molar-refractivity contribution in [3.8, 4) is 16.9 Å². The van der Waals surface area contributed by atoms with Crippen molar-refractivity contribution >= 4 is 21.7 Å².